The van der Waals surface area contributed by atoms with Crippen molar-refractivity contribution in [3.63, 3.8) is 0 Å². The summed E-state index contributed by atoms with van der Waals surface area (Å²) < 4.78 is 19.2. The van der Waals surface area contributed by atoms with E-state index in [4.69, 9.17) is 4.42 Å². The maximum Gasteiger partial charge on any atom is 0.170 e. The minimum absolute atomic E-state index is 0.284. The maximum atomic E-state index is 13.6. The van der Waals surface area contributed by atoms with Gasteiger partial charge in [0.05, 0.1) is 6.54 Å². The number of nitrogens with one attached hydrogen (secondary N) is 1. The number of benzene rings is 1. The van der Waals surface area contributed by atoms with Crippen LogP contribution in [-0.4, -0.2) is 6.04 Å². The highest BCUT2D eigenvalue weighted by Crippen LogP contribution is 2.28. The van der Waals surface area contributed by atoms with E-state index in [2.05, 4.69) is 26.1 Å². The molecule has 1 N–H and O–H groups in total. The highest BCUT2D eigenvalue weighted by atomic mass is 19.1. The Morgan fingerprint density at radius 2 is 2.12 bits per heavy atom. The van der Waals surface area contributed by atoms with E-state index in [0.29, 0.717) is 18.2 Å². The Bertz CT molecular complexity index is 516. The zero-order valence-electron chi connectivity index (χ0n) is 10.5. The van der Waals surface area contributed by atoms with Crippen molar-refractivity contribution in [2.45, 2.75) is 39.8 Å². The van der Waals surface area contributed by atoms with E-state index in [1.807, 2.05) is 6.07 Å². The molecule has 0 saturated carbocycles. The van der Waals surface area contributed by atoms with Gasteiger partial charge in [-0.05, 0) is 12.5 Å². The van der Waals surface area contributed by atoms with Crippen LogP contribution in [-0.2, 0) is 13.0 Å². The van der Waals surface area contributed by atoms with Crippen LogP contribution in [0.1, 0.15) is 32.1 Å². The standard InChI is InChI=1S/C14H18FNO/c1-4-10-11-6-5-7-12(15)14(11)17-13(10)8-16-9(2)3/h5-7,9,16H,4,8H2,1-3H3. The normalized spacial score (nSPS) is 11.6. The molecule has 92 valence electrons. The van der Waals surface area contributed by atoms with Crippen molar-refractivity contribution in [3.05, 3.63) is 35.3 Å². The van der Waals surface area contributed by atoms with E-state index in [1.54, 1.807) is 6.07 Å². The molecule has 0 aliphatic carbocycles. The Morgan fingerprint density at radius 1 is 1.35 bits per heavy atom. The highest BCUT2D eigenvalue weighted by Gasteiger charge is 2.15. The van der Waals surface area contributed by atoms with Gasteiger partial charge in [0, 0.05) is 17.0 Å². The van der Waals surface area contributed by atoms with Crippen LogP contribution < -0.4 is 5.32 Å². The van der Waals surface area contributed by atoms with Crippen LogP contribution in [0.5, 0.6) is 0 Å². The van der Waals surface area contributed by atoms with E-state index in [1.165, 1.54) is 6.07 Å². The van der Waals surface area contributed by atoms with Gasteiger partial charge in [0.2, 0.25) is 0 Å². The number of halogens is 1. The third kappa shape index (κ3) is 2.34. The van der Waals surface area contributed by atoms with Crippen molar-refractivity contribution >= 4 is 11.0 Å². The lowest BCUT2D eigenvalue weighted by molar-refractivity contribution is 0.472. The number of para-hydroxylation sites is 1. The summed E-state index contributed by atoms with van der Waals surface area (Å²) >= 11 is 0. The molecule has 1 aromatic heterocycles. The van der Waals surface area contributed by atoms with Crippen molar-refractivity contribution in [1.82, 2.24) is 5.32 Å². The smallest absolute Gasteiger partial charge is 0.170 e. The number of hydrogen-bond donors (Lipinski definition) is 1. The molecule has 17 heavy (non-hydrogen) atoms. The molecule has 0 amide bonds. The van der Waals surface area contributed by atoms with Crippen molar-refractivity contribution in [3.8, 4) is 0 Å². The SMILES string of the molecule is CCc1c(CNC(C)C)oc2c(F)cccc12. The van der Waals surface area contributed by atoms with Gasteiger partial charge in [-0.2, -0.15) is 0 Å². The zero-order chi connectivity index (χ0) is 12.4. The van der Waals surface area contributed by atoms with Crippen LogP contribution in [0.4, 0.5) is 4.39 Å². The molecule has 1 aromatic carbocycles. The molecule has 1 heterocycles. The summed E-state index contributed by atoms with van der Waals surface area (Å²) in [6.07, 6.45) is 0.853. The van der Waals surface area contributed by atoms with Gasteiger partial charge >= 0.3 is 0 Å². The van der Waals surface area contributed by atoms with Crippen LogP contribution >= 0.6 is 0 Å². The minimum atomic E-state index is -0.284. The van der Waals surface area contributed by atoms with Crippen LogP contribution in [0.2, 0.25) is 0 Å². The average molecular weight is 235 g/mol. The van der Waals surface area contributed by atoms with Crippen LogP contribution in [0.15, 0.2) is 22.6 Å². The molecule has 0 spiro atoms. The first-order valence-corrected chi connectivity index (χ1v) is 6.05. The fraction of sp³-hybridized carbons (Fsp3) is 0.429. The van der Waals surface area contributed by atoms with Crippen LogP contribution in [0.3, 0.4) is 0 Å². The van der Waals surface area contributed by atoms with E-state index in [9.17, 15) is 4.39 Å². The Kier molecular flexibility index (Phi) is 3.48. The van der Waals surface area contributed by atoms with E-state index < -0.39 is 0 Å². The van der Waals surface area contributed by atoms with Gasteiger partial charge in [-0.3, -0.25) is 0 Å². The molecular formula is C14H18FNO. The lowest BCUT2D eigenvalue weighted by atomic mass is 10.1. The Hall–Kier alpha value is -1.35. The average Bonchev–Trinajstić information content (AvgIpc) is 2.65. The van der Waals surface area contributed by atoms with Crippen LogP contribution in [0, 0.1) is 5.82 Å². The molecule has 0 unspecified atom stereocenters. The maximum absolute atomic E-state index is 13.6. The molecule has 2 rings (SSSR count). The lowest BCUT2D eigenvalue weighted by Gasteiger charge is -2.06. The molecule has 0 saturated heterocycles. The summed E-state index contributed by atoms with van der Waals surface area (Å²) in [5.74, 6) is 0.564. The van der Waals surface area contributed by atoms with E-state index in [-0.39, 0.29) is 5.82 Å². The van der Waals surface area contributed by atoms with Crippen LogP contribution in [0.25, 0.3) is 11.0 Å². The molecule has 2 nitrogen and oxygen atoms in total. The summed E-state index contributed by atoms with van der Waals surface area (Å²) in [6, 6.07) is 5.47. The van der Waals surface area contributed by atoms with Crippen molar-refractivity contribution in [2.75, 3.05) is 0 Å². The summed E-state index contributed by atoms with van der Waals surface area (Å²) in [5, 5.41) is 4.20. The zero-order valence-corrected chi connectivity index (χ0v) is 10.5. The summed E-state index contributed by atoms with van der Waals surface area (Å²) in [7, 11) is 0. The summed E-state index contributed by atoms with van der Waals surface area (Å²) in [6.45, 7) is 6.87. The molecular weight excluding hydrogens is 217 g/mol. The molecule has 0 atom stereocenters. The molecule has 0 aliphatic heterocycles. The lowest BCUT2D eigenvalue weighted by Crippen LogP contribution is -2.22. The molecule has 3 heteroatoms. The van der Waals surface area contributed by atoms with Gasteiger partial charge in [0.1, 0.15) is 5.76 Å². The van der Waals surface area contributed by atoms with Gasteiger partial charge in [0.15, 0.2) is 11.4 Å². The fourth-order valence-corrected chi connectivity index (χ4v) is 2.01. The predicted molar refractivity (Wildman–Crippen MR) is 67.5 cm³/mol. The monoisotopic (exact) mass is 235 g/mol. The molecule has 0 bridgehead atoms. The first-order chi connectivity index (χ1) is 8.13. The number of aryl methyl sites for hydroxylation is 1. The first kappa shape index (κ1) is 12.1. The van der Waals surface area contributed by atoms with Gasteiger partial charge in [0.25, 0.3) is 0 Å². The topological polar surface area (TPSA) is 25.2 Å². The van der Waals surface area contributed by atoms with Gasteiger partial charge in [-0.1, -0.05) is 32.9 Å². The van der Waals surface area contributed by atoms with Crippen molar-refractivity contribution in [2.24, 2.45) is 0 Å². The van der Waals surface area contributed by atoms with E-state index in [0.717, 1.165) is 23.1 Å². The number of hydrogen-bond acceptors (Lipinski definition) is 2. The third-order valence-electron chi connectivity index (χ3n) is 2.88. The second kappa shape index (κ2) is 4.88. The third-order valence-corrected chi connectivity index (χ3v) is 2.88. The molecule has 2 aromatic rings. The quantitative estimate of drug-likeness (QED) is 0.875. The molecule has 0 radical (unpaired) electrons. The van der Waals surface area contributed by atoms with Gasteiger partial charge in [-0.25, -0.2) is 4.39 Å². The van der Waals surface area contributed by atoms with Crippen molar-refractivity contribution in [1.29, 1.82) is 0 Å². The predicted octanol–water partition coefficient (Wildman–Crippen LogP) is 3.63. The Morgan fingerprint density at radius 3 is 2.76 bits per heavy atom. The number of rotatable bonds is 4. The summed E-state index contributed by atoms with van der Waals surface area (Å²) in [5.41, 5.74) is 1.48. The fourth-order valence-electron chi connectivity index (χ4n) is 2.01. The minimum Gasteiger partial charge on any atom is -0.456 e. The van der Waals surface area contributed by atoms with Gasteiger partial charge < -0.3 is 9.73 Å². The largest absolute Gasteiger partial charge is 0.456 e. The van der Waals surface area contributed by atoms with Gasteiger partial charge in [-0.15, -0.1) is 0 Å². The Labute approximate surface area is 101 Å². The Balaban J connectivity index is 2.44. The number of furan rings is 1. The van der Waals surface area contributed by atoms with Crippen molar-refractivity contribution < 1.29 is 8.81 Å². The first-order valence-electron chi connectivity index (χ1n) is 6.05. The molecule has 0 fully saturated rings. The summed E-state index contributed by atoms with van der Waals surface area (Å²) in [4.78, 5) is 0. The number of fused-ring (bicyclic) bond motifs is 1. The molecule has 0 aliphatic rings. The second-order valence-electron chi connectivity index (χ2n) is 4.51. The van der Waals surface area contributed by atoms with E-state index >= 15 is 0 Å². The highest BCUT2D eigenvalue weighted by molar-refractivity contribution is 5.82. The second-order valence-corrected chi connectivity index (χ2v) is 4.51.